The molecule has 2 rings (SSSR count). The topological polar surface area (TPSA) is 71.5 Å². The van der Waals surface area contributed by atoms with Crippen LogP contribution in [0.25, 0.3) is 0 Å². The number of nitrogens with zero attached hydrogens (tertiary/aromatic N) is 1. The molecule has 0 aliphatic carbocycles. The number of hydrogen-bond acceptors (Lipinski definition) is 4. The predicted molar refractivity (Wildman–Crippen MR) is 59.8 cm³/mol. The Morgan fingerprint density at radius 2 is 2.44 bits per heavy atom. The van der Waals surface area contributed by atoms with Gasteiger partial charge in [-0.05, 0) is 19.1 Å². The number of carbonyl (C=O) groups is 1. The molecule has 1 aliphatic rings. The molecule has 1 aromatic rings. The largest absolute Gasteiger partial charge is 0.465 e. The molecule has 0 bridgehead atoms. The van der Waals surface area contributed by atoms with E-state index in [4.69, 9.17) is 10.2 Å². The van der Waals surface area contributed by atoms with E-state index >= 15 is 0 Å². The Bertz CT molecular complexity index is 375. The van der Waals surface area contributed by atoms with Gasteiger partial charge in [0.05, 0.1) is 12.6 Å². The molecular formula is C11H17N3O2. The van der Waals surface area contributed by atoms with E-state index < -0.39 is 0 Å². The van der Waals surface area contributed by atoms with E-state index in [2.05, 4.69) is 10.2 Å². The van der Waals surface area contributed by atoms with Gasteiger partial charge in [0.15, 0.2) is 0 Å². The highest BCUT2D eigenvalue weighted by molar-refractivity contribution is 5.78. The van der Waals surface area contributed by atoms with Gasteiger partial charge in [0.2, 0.25) is 5.91 Å². The van der Waals surface area contributed by atoms with Crippen LogP contribution in [0.4, 0.5) is 0 Å². The third-order valence-electron chi connectivity index (χ3n) is 2.82. The van der Waals surface area contributed by atoms with Crippen molar-refractivity contribution < 1.29 is 9.21 Å². The fourth-order valence-corrected chi connectivity index (χ4v) is 2.00. The van der Waals surface area contributed by atoms with Crippen LogP contribution >= 0.6 is 0 Å². The molecule has 1 saturated heterocycles. The van der Waals surface area contributed by atoms with Crippen molar-refractivity contribution in [2.24, 2.45) is 5.73 Å². The smallest absolute Gasteiger partial charge is 0.234 e. The molecule has 1 aromatic heterocycles. The molecule has 5 heteroatoms. The minimum Gasteiger partial charge on any atom is -0.465 e. The summed E-state index contributed by atoms with van der Waals surface area (Å²) < 4.78 is 5.57. The highest BCUT2D eigenvalue weighted by Gasteiger charge is 2.26. The van der Waals surface area contributed by atoms with Gasteiger partial charge >= 0.3 is 0 Å². The van der Waals surface area contributed by atoms with Gasteiger partial charge in [0.25, 0.3) is 0 Å². The van der Waals surface area contributed by atoms with Crippen LogP contribution in [0.3, 0.4) is 0 Å². The highest BCUT2D eigenvalue weighted by atomic mass is 16.3. The van der Waals surface area contributed by atoms with Gasteiger partial charge < -0.3 is 15.5 Å². The first-order chi connectivity index (χ1) is 7.70. The molecule has 88 valence electrons. The van der Waals surface area contributed by atoms with Crippen LogP contribution in [-0.2, 0) is 4.79 Å². The van der Waals surface area contributed by atoms with Crippen LogP contribution in [0.15, 0.2) is 16.5 Å². The summed E-state index contributed by atoms with van der Waals surface area (Å²) in [6.07, 6.45) is 0. The van der Waals surface area contributed by atoms with Crippen LogP contribution in [-0.4, -0.2) is 37.0 Å². The summed E-state index contributed by atoms with van der Waals surface area (Å²) in [6, 6.07) is 3.85. The molecule has 0 aromatic carbocycles. The molecule has 1 fully saturated rings. The Morgan fingerprint density at radius 3 is 3.00 bits per heavy atom. The third kappa shape index (κ3) is 2.25. The van der Waals surface area contributed by atoms with Gasteiger partial charge in [-0.1, -0.05) is 0 Å². The quantitative estimate of drug-likeness (QED) is 0.757. The molecule has 1 unspecified atom stereocenters. The van der Waals surface area contributed by atoms with Gasteiger partial charge in [-0.3, -0.25) is 9.69 Å². The molecule has 2 heterocycles. The summed E-state index contributed by atoms with van der Waals surface area (Å²) in [4.78, 5) is 13.4. The van der Waals surface area contributed by atoms with Gasteiger partial charge in [0, 0.05) is 19.6 Å². The molecule has 0 spiro atoms. The van der Waals surface area contributed by atoms with Gasteiger partial charge in [-0.2, -0.15) is 0 Å². The lowest BCUT2D eigenvalue weighted by molar-refractivity contribution is -0.125. The predicted octanol–water partition coefficient (Wildman–Crippen LogP) is 0.0196. The second-order valence-electron chi connectivity index (χ2n) is 4.02. The lowest BCUT2D eigenvalue weighted by Gasteiger charge is -2.32. The van der Waals surface area contributed by atoms with E-state index in [0.29, 0.717) is 19.6 Å². The average Bonchev–Trinajstić information content (AvgIpc) is 2.66. The number of furan rings is 1. The van der Waals surface area contributed by atoms with Crippen LogP contribution in [0.5, 0.6) is 0 Å². The molecule has 3 N–H and O–H groups in total. The number of amides is 1. The Morgan fingerprint density at radius 1 is 1.62 bits per heavy atom. The lowest BCUT2D eigenvalue weighted by Crippen LogP contribution is -2.50. The third-order valence-corrected chi connectivity index (χ3v) is 2.82. The summed E-state index contributed by atoms with van der Waals surface area (Å²) >= 11 is 0. The Kier molecular flexibility index (Phi) is 3.26. The Hall–Kier alpha value is -1.33. The van der Waals surface area contributed by atoms with Crippen molar-refractivity contribution >= 4 is 5.91 Å². The SMILES string of the molecule is Cc1ccc(C(CN)N2CCNC(=O)C2)o1. The molecular weight excluding hydrogens is 206 g/mol. The number of nitrogens with one attached hydrogen (secondary N) is 1. The maximum atomic E-state index is 11.3. The van der Waals surface area contributed by atoms with Crippen molar-refractivity contribution in [1.29, 1.82) is 0 Å². The number of rotatable bonds is 3. The van der Waals surface area contributed by atoms with Crippen molar-refractivity contribution in [1.82, 2.24) is 10.2 Å². The number of nitrogens with two attached hydrogens (primary N) is 1. The van der Waals surface area contributed by atoms with Crippen molar-refractivity contribution in [3.8, 4) is 0 Å². The van der Waals surface area contributed by atoms with E-state index in [0.717, 1.165) is 18.1 Å². The summed E-state index contributed by atoms with van der Waals surface area (Å²) in [5.74, 6) is 1.76. The zero-order valence-electron chi connectivity index (χ0n) is 9.40. The average molecular weight is 223 g/mol. The van der Waals surface area contributed by atoms with Gasteiger partial charge in [-0.25, -0.2) is 0 Å². The standard InChI is InChI=1S/C11H17N3O2/c1-8-2-3-10(16-8)9(6-12)14-5-4-13-11(15)7-14/h2-3,9H,4-7,12H2,1H3,(H,13,15). The van der Waals surface area contributed by atoms with Crippen LogP contribution in [0.2, 0.25) is 0 Å². The number of carbonyl (C=O) groups excluding carboxylic acids is 1. The Balaban J connectivity index is 2.12. The Labute approximate surface area is 94.6 Å². The highest BCUT2D eigenvalue weighted by Crippen LogP contribution is 2.22. The first kappa shape index (κ1) is 11.2. The fourth-order valence-electron chi connectivity index (χ4n) is 2.00. The molecule has 1 amide bonds. The van der Waals surface area contributed by atoms with Gasteiger partial charge in [0.1, 0.15) is 11.5 Å². The fraction of sp³-hybridized carbons (Fsp3) is 0.545. The van der Waals surface area contributed by atoms with Crippen molar-refractivity contribution in [2.45, 2.75) is 13.0 Å². The second-order valence-corrected chi connectivity index (χ2v) is 4.02. The zero-order valence-corrected chi connectivity index (χ0v) is 9.40. The molecule has 1 atom stereocenters. The normalized spacial score (nSPS) is 19.5. The van der Waals surface area contributed by atoms with E-state index in [1.165, 1.54) is 0 Å². The molecule has 16 heavy (non-hydrogen) atoms. The summed E-state index contributed by atoms with van der Waals surface area (Å²) in [7, 11) is 0. The maximum absolute atomic E-state index is 11.3. The number of hydrogen-bond donors (Lipinski definition) is 2. The number of piperazine rings is 1. The van der Waals surface area contributed by atoms with Crippen molar-refractivity contribution in [2.75, 3.05) is 26.2 Å². The van der Waals surface area contributed by atoms with Crippen LogP contribution < -0.4 is 11.1 Å². The summed E-state index contributed by atoms with van der Waals surface area (Å²) in [5.41, 5.74) is 5.76. The van der Waals surface area contributed by atoms with Crippen molar-refractivity contribution in [3.05, 3.63) is 23.7 Å². The minimum absolute atomic E-state index is 0.000231. The monoisotopic (exact) mass is 223 g/mol. The molecule has 0 saturated carbocycles. The second kappa shape index (κ2) is 4.67. The molecule has 1 aliphatic heterocycles. The van der Waals surface area contributed by atoms with Crippen LogP contribution in [0.1, 0.15) is 17.6 Å². The minimum atomic E-state index is -0.000231. The van der Waals surface area contributed by atoms with E-state index in [1.807, 2.05) is 19.1 Å². The summed E-state index contributed by atoms with van der Waals surface area (Å²) in [5, 5.41) is 2.80. The van der Waals surface area contributed by atoms with Gasteiger partial charge in [-0.15, -0.1) is 0 Å². The first-order valence-electron chi connectivity index (χ1n) is 5.48. The number of aryl methyl sites for hydroxylation is 1. The van der Waals surface area contributed by atoms with Crippen molar-refractivity contribution in [3.63, 3.8) is 0 Å². The molecule has 0 radical (unpaired) electrons. The molecule has 5 nitrogen and oxygen atoms in total. The van der Waals surface area contributed by atoms with E-state index in [1.54, 1.807) is 0 Å². The van der Waals surface area contributed by atoms with E-state index in [-0.39, 0.29) is 11.9 Å². The zero-order chi connectivity index (χ0) is 11.5. The first-order valence-corrected chi connectivity index (χ1v) is 5.48. The van der Waals surface area contributed by atoms with Crippen LogP contribution in [0, 0.1) is 6.92 Å². The van der Waals surface area contributed by atoms with E-state index in [9.17, 15) is 4.79 Å². The lowest BCUT2D eigenvalue weighted by atomic mass is 10.1. The summed E-state index contributed by atoms with van der Waals surface area (Å²) in [6.45, 7) is 4.24. The maximum Gasteiger partial charge on any atom is 0.234 e.